The van der Waals surface area contributed by atoms with E-state index in [0.29, 0.717) is 0 Å². The van der Waals surface area contributed by atoms with Gasteiger partial charge in [-0.1, -0.05) is 20.8 Å². The average molecular weight is 233 g/mol. The maximum Gasteiger partial charge on any atom is 0.325 e. The molecular formula is C10H23N3O3. The number of rotatable bonds is 4. The molecule has 1 atom stereocenters. The zero-order valence-corrected chi connectivity index (χ0v) is 10.4. The Labute approximate surface area is 96.7 Å². The van der Waals surface area contributed by atoms with Gasteiger partial charge in [0.15, 0.2) is 0 Å². The number of amides is 1. The van der Waals surface area contributed by atoms with Crippen molar-refractivity contribution in [3.63, 3.8) is 0 Å². The van der Waals surface area contributed by atoms with Crippen molar-refractivity contribution >= 4 is 11.9 Å². The van der Waals surface area contributed by atoms with E-state index >= 15 is 0 Å². The fraction of sp³-hybridized carbons (Fsp3) is 0.800. The third-order valence-corrected chi connectivity index (χ3v) is 1.23. The Morgan fingerprint density at radius 1 is 1.31 bits per heavy atom. The van der Waals surface area contributed by atoms with Crippen LogP contribution in [0, 0.1) is 5.92 Å². The molecule has 5 N–H and O–H groups in total. The van der Waals surface area contributed by atoms with E-state index < -0.39 is 17.9 Å². The summed E-state index contributed by atoms with van der Waals surface area (Å²) in [7, 11) is 1.23. The van der Waals surface area contributed by atoms with Crippen molar-refractivity contribution in [1.82, 2.24) is 5.32 Å². The van der Waals surface area contributed by atoms with Crippen LogP contribution in [0.4, 0.5) is 0 Å². The minimum atomic E-state index is -0.769. The second-order valence-electron chi connectivity index (χ2n) is 3.87. The lowest BCUT2D eigenvalue weighted by Crippen LogP contribution is -2.46. The number of ether oxygens (including phenoxy) is 1. The molecule has 0 bridgehead atoms. The Morgan fingerprint density at radius 2 is 1.75 bits per heavy atom. The highest BCUT2D eigenvalue weighted by molar-refractivity contribution is 5.85. The van der Waals surface area contributed by atoms with E-state index in [0.717, 1.165) is 5.92 Å². The highest BCUT2D eigenvalue weighted by Gasteiger charge is 2.11. The predicted octanol–water partition coefficient (Wildman–Crippen LogP) is -0.776. The van der Waals surface area contributed by atoms with Gasteiger partial charge in [0.05, 0.1) is 13.2 Å². The molecule has 0 aliphatic rings. The standard InChI is InChI=1S/C6H13N3O3.C4H10/c1-12-5(10)3-9-6(11)4(8)2-7;1-4(2)3/h4H,2-3,7-8H2,1H3,(H,9,11);4H,1-3H3. The molecule has 0 radical (unpaired) electrons. The van der Waals surface area contributed by atoms with E-state index in [4.69, 9.17) is 11.5 Å². The molecule has 0 rings (SSSR count). The minimum Gasteiger partial charge on any atom is -0.468 e. The number of methoxy groups -OCH3 is 1. The molecule has 0 aliphatic carbocycles. The Bertz CT molecular complexity index is 205. The number of nitrogens with one attached hydrogen (secondary N) is 1. The molecule has 0 fully saturated rings. The molecule has 0 spiro atoms. The summed E-state index contributed by atoms with van der Waals surface area (Å²) in [4.78, 5) is 21.4. The maximum atomic E-state index is 10.9. The topological polar surface area (TPSA) is 107 Å². The summed E-state index contributed by atoms with van der Waals surface area (Å²) in [5.41, 5.74) is 10.4. The van der Waals surface area contributed by atoms with Gasteiger partial charge < -0.3 is 21.5 Å². The molecule has 0 aromatic carbocycles. The van der Waals surface area contributed by atoms with E-state index in [2.05, 4.69) is 30.8 Å². The van der Waals surface area contributed by atoms with Crippen molar-refractivity contribution < 1.29 is 14.3 Å². The Kier molecular flexibility index (Phi) is 11.2. The van der Waals surface area contributed by atoms with Gasteiger partial charge in [-0.25, -0.2) is 0 Å². The SMILES string of the molecule is CC(C)C.COC(=O)CNC(=O)C(N)CN. The van der Waals surface area contributed by atoms with Crippen LogP contribution in [0.25, 0.3) is 0 Å². The first kappa shape index (κ1) is 17.3. The van der Waals surface area contributed by atoms with E-state index in [9.17, 15) is 9.59 Å². The zero-order chi connectivity index (χ0) is 13.1. The molecule has 6 nitrogen and oxygen atoms in total. The molecule has 16 heavy (non-hydrogen) atoms. The van der Waals surface area contributed by atoms with Gasteiger partial charge >= 0.3 is 5.97 Å². The largest absolute Gasteiger partial charge is 0.468 e. The van der Waals surface area contributed by atoms with Gasteiger partial charge in [0.1, 0.15) is 6.54 Å². The van der Waals surface area contributed by atoms with Crippen molar-refractivity contribution in [1.29, 1.82) is 0 Å². The van der Waals surface area contributed by atoms with E-state index in [1.807, 2.05) is 0 Å². The normalized spacial score (nSPS) is 11.2. The van der Waals surface area contributed by atoms with E-state index in [1.54, 1.807) is 0 Å². The molecule has 0 saturated carbocycles. The van der Waals surface area contributed by atoms with Crippen molar-refractivity contribution in [2.45, 2.75) is 26.8 Å². The van der Waals surface area contributed by atoms with Crippen LogP contribution in [0.3, 0.4) is 0 Å². The van der Waals surface area contributed by atoms with Crippen molar-refractivity contribution in [2.75, 3.05) is 20.2 Å². The van der Waals surface area contributed by atoms with Crippen LogP contribution in [-0.4, -0.2) is 38.1 Å². The summed E-state index contributed by atoms with van der Waals surface area (Å²) in [5.74, 6) is -0.143. The first-order chi connectivity index (χ1) is 7.34. The lowest BCUT2D eigenvalue weighted by Gasteiger charge is -2.08. The third kappa shape index (κ3) is 12.9. The summed E-state index contributed by atoms with van der Waals surface area (Å²) in [5, 5.41) is 2.27. The van der Waals surface area contributed by atoms with Gasteiger partial charge in [0.25, 0.3) is 0 Å². The zero-order valence-electron chi connectivity index (χ0n) is 10.4. The van der Waals surface area contributed by atoms with Crippen LogP contribution in [0.15, 0.2) is 0 Å². The Morgan fingerprint density at radius 3 is 2.06 bits per heavy atom. The molecule has 0 aromatic rings. The highest BCUT2D eigenvalue weighted by atomic mass is 16.5. The molecule has 1 amide bonds. The number of hydrogen-bond donors (Lipinski definition) is 3. The molecule has 96 valence electrons. The van der Waals surface area contributed by atoms with Crippen LogP contribution >= 0.6 is 0 Å². The minimum absolute atomic E-state index is 0.0486. The number of carbonyl (C=O) groups excluding carboxylic acids is 2. The van der Waals surface area contributed by atoms with Gasteiger partial charge in [-0.3, -0.25) is 9.59 Å². The maximum absolute atomic E-state index is 10.9. The summed E-state index contributed by atoms with van der Waals surface area (Å²) in [6, 6.07) is -0.769. The second kappa shape index (κ2) is 10.4. The molecule has 0 aromatic heterocycles. The molecule has 6 heteroatoms. The van der Waals surface area contributed by atoms with Gasteiger partial charge in [-0.15, -0.1) is 0 Å². The van der Waals surface area contributed by atoms with Crippen molar-refractivity contribution in [2.24, 2.45) is 17.4 Å². The third-order valence-electron chi connectivity index (χ3n) is 1.23. The summed E-state index contributed by atoms with van der Waals surface area (Å²) >= 11 is 0. The fourth-order valence-electron chi connectivity index (χ4n) is 0.470. The first-order valence-corrected chi connectivity index (χ1v) is 5.15. The number of nitrogens with two attached hydrogens (primary N) is 2. The van der Waals surface area contributed by atoms with Crippen LogP contribution in [-0.2, 0) is 14.3 Å². The number of carbonyl (C=O) groups is 2. The molecular weight excluding hydrogens is 210 g/mol. The highest BCUT2D eigenvalue weighted by Crippen LogP contribution is 1.81. The predicted molar refractivity (Wildman–Crippen MR) is 62.6 cm³/mol. The first-order valence-electron chi connectivity index (χ1n) is 5.15. The van der Waals surface area contributed by atoms with Gasteiger partial charge in [-0.2, -0.15) is 0 Å². The Hall–Kier alpha value is -1.14. The summed E-state index contributed by atoms with van der Waals surface area (Å²) in [6.45, 7) is 6.37. The quantitative estimate of drug-likeness (QED) is 0.552. The van der Waals surface area contributed by atoms with Gasteiger partial charge in [0, 0.05) is 6.54 Å². The monoisotopic (exact) mass is 233 g/mol. The van der Waals surface area contributed by atoms with Crippen molar-refractivity contribution in [3.05, 3.63) is 0 Å². The molecule has 0 aliphatic heterocycles. The second-order valence-corrected chi connectivity index (χ2v) is 3.87. The average Bonchev–Trinajstić information content (AvgIpc) is 2.23. The molecule has 0 saturated heterocycles. The van der Waals surface area contributed by atoms with Crippen LogP contribution in [0.5, 0.6) is 0 Å². The van der Waals surface area contributed by atoms with E-state index in [1.165, 1.54) is 7.11 Å². The van der Waals surface area contributed by atoms with Gasteiger partial charge in [0.2, 0.25) is 5.91 Å². The Balaban J connectivity index is 0. The van der Waals surface area contributed by atoms with Crippen LogP contribution in [0.2, 0.25) is 0 Å². The number of hydrogen-bond acceptors (Lipinski definition) is 5. The van der Waals surface area contributed by atoms with Crippen LogP contribution < -0.4 is 16.8 Å². The number of esters is 1. The lowest BCUT2D eigenvalue weighted by molar-refractivity contribution is -0.141. The van der Waals surface area contributed by atoms with Crippen molar-refractivity contribution in [3.8, 4) is 0 Å². The summed E-state index contributed by atoms with van der Waals surface area (Å²) < 4.78 is 4.29. The van der Waals surface area contributed by atoms with Gasteiger partial charge in [-0.05, 0) is 5.92 Å². The lowest BCUT2D eigenvalue weighted by atomic mass is 10.3. The van der Waals surface area contributed by atoms with Crippen LogP contribution in [0.1, 0.15) is 20.8 Å². The fourth-order valence-corrected chi connectivity index (χ4v) is 0.470. The molecule has 1 unspecified atom stereocenters. The van der Waals surface area contributed by atoms with E-state index in [-0.39, 0.29) is 13.1 Å². The molecule has 0 heterocycles. The summed E-state index contributed by atoms with van der Waals surface area (Å²) in [6.07, 6.45) is 0. The smallest absolute Gasteiger partial charge is 0.325 e.